The van der Waals surface area contributed by atoms with Crippen molar-refractivity contribution in [2.75, 3.05) is 32.8 Å². The molecule has 2 atom stereocenters. The van der Waals surface area contributed by atoms with Crippen LogP contribution in [0.25, 0.3) is 0 Å². The SMILES string of the molecule is CCCNC(=O)C[NH+]1CCn2cccc2[C@H]1c1ccc2c(c1)OCCO2. The lowest BCUT2D eigenvalue weighted by molar-refractivity contribution is -0.922. The van der Waals surface area contributed by atoms with Crippen molar-refractivity contribution in [1.29, 1.82) is 0 Å². The van der Waals surface area contributed by atoms with Crippen LogP contribution in [0.1, 0.15) is 30.6 Å². The fraction of sp³-hybridized carbons (Fsp3) is 0.450. The quantitative estimate of drug-likeness (QED) is 0.832. The smallest absolute Gasteiger partial charge is 0.275 e. The molecule has 2 aliphatic rings. The molecule has 1 unspecified atom stereocenters. The highest BCUT2D eigenvalue weighted by molar-refractivity contribution is 5.76. The summed E-state index contributed by atoms with van der Waals surface area (Å²) in [4.78, 5) is 13.6. The molecule has 138 valence electrons. The highest BCUT2D eigenvalue weighted by atomic mass is 16.6. The number of amides is 1. The van der Waals surface area contributed by atoms with Gasteiger partial charge >= 0.3 is 0 Å². The minimum atomic E-state index is 0.113. The second-order valence-electron chi connectivity index (χ2n) is 6.90. The number of carbonyl (C=O) groups excluding carboxylic acids is 1. The van der Waals surface area contributed by atoms with E-state index in [0.29, 0.717) is 19.8 Å². The number of fused-ring (bicyclic) bond motifs is 2. The first-order valence-electron chi connectivity index (χ1n) is 9.42. The van der Waals surface area contributed by atoms with Crippen LogP contribution < -0.4 is 19.7 Å². The van der Waals surface area contributed by atoms with Gasteiger partial charge in [-0.2, -0.15) is 0 Å². The topological polar surface area (TPSA) is 56.9 Å². The van der Waals surface area contributed by atoms with Gasteiger partial charge in [-0.15, -0.1) is 0 Å². The molecule has 26 heavy (non-hydrogen) atoms. The Balaban J connectivity index is 1.64. The second-order valence-corrected chi connectivity index (χ2v) is 6.90. The van der Waals surface area contributed by atoms with Crippen molar-refractivity contribution in [3.8, 4) is 11.5 Å². The summed E-state index contributed by atoms with van der Waals surface area (Å²) in [7, 11) is 0. The number of hydrogen-bond acceptors (Lipinski definition) is 3. The van der Waals surface area contributed by atoms with Gasteiger partial charge in [0.1, 0.15) is 13.2 Å². The van der Waals surface area contributed by atoms with Gasteiger partial charge in [-0.3, -0.25) is 4.79 Å². The van der Waals surface area contributed by atoms with E-state index in [1.165, 1.54) is 10.6 Å². The third-order valence-electron chi connectivity index (χ3n) is 5.10. The van der Waals surface area contributed by atoms with E-state index in [9.17, 15) is 4.79 Å². The molecule has 4 rings (SSSR count). The molecule has 6 heteroatoms. The number of nitrogens with zero attached hydrogens (tertiary/aromatic N) is 1. The van der Waals surface area contributed by atoms with Crippen LogP contribution in [-0.2, 0) is 11.3 Å². The Labute approximate surface area is 153 Å². The Hall–Kier alpha value is -2.47. The van der Waals surface area contributed by atoms with Crippen LogP contribution >= 0.6 is 0 Å². The lowest BCUT2D eigenvalue weighted by atomic mass is 9.99. The Bertz CT molecular complexity index is 786. The maximum absolute atomic E-state index is 12.3. The zero-order valence-corrected chi connectivity index (χ0v) is 15.2. The molecule has 2 N–H and O–H groups in total. The van der Waals surface area contributed by atoms with Crippen LogP contribution in [0.15, 0.2) is 36.5 Å². The molecule has 3 heterocycles. The average Bonchev–Trinajstić information content (AvgIpc) is 3.14. The lowest BCUT2D eigenvalue weighted by Crippen LogP contribution is -3.14. The Kier molecular flexibility index (Phi) is 4.84. The van der Waals surface area contributed by atoms with E-state index in [-0.39, 0.29) is 11.9 Å². The monoisotopic (exact) mass is 356 g/mol. The van der Waals surface area contributed by atoms with Crippen LogP contribution in [0, 0.1) is 0 Å². The Morgan fingerprint density at radius 1 is 1.27 bits per heavy atom. The molecule has 0 radical (unpaired) electrons. The van der Waals surface area contributed by atoms with Crippen LogP contribution in [0.2, 0.25) is 0 Å². The molecular formula is C20H26N3O3+. The number of rotatable bonds is 5. The minimum absolute atomic E-state index is 0.113. The number of nitrogens with one attached hydrogen (secondary N) is 2. The standard InChI is InChI=1S/C20H25N3O3/c1-2-7-21-19(24)14-23-10-9-22-8-3-4-16(22)20(23)15-5-6-17-18(13-15)26-12-11-25-17/h3-6,8,13,20H,2,7,9-12,14H2,1H3,(H,21,24)/p+1/t20-/m1/s1. The predicted molar refractivity (Wildman–Crippen MR) is 97.7 cm³/mol. The first kappa shape index (κ1) is 17.0. The van der Waals surface area contributed by atoms with E-state index in [2.05, 4.69) is 47.3 Å². The zero-order chi connectivity index (χ0) is 17.9. The third-order valence-corrected chi connectivity index (χ3v) is 5.10. The highest BCUT2D eigenvalue weighted by Crippen LogP contribution is 2.34. The van der Waals surface area contributed by atoms with Gasteiger partial charge in [0, 0.05) is 18.3 Å². The van der Waals surface area contributed by atoms with Crippen molar-refractivity contribution < 1.29 is 19.2 Å². The lowest BCUT2D eigenvalue weighted by Gasteiger charge is -2.34. The van der Waals surface area contributed by atoms with Crippen molar-refractivity contribution in [3.05, 3.63) is 47.8 Å². The Morgan fingerprint density at radius 2 is 2.12 bits per heavy atom. The number of aromatic nitrogens is 1. The molecule has 2 aromatic rings. The van der Waals surface area contributed by atoms with Crippen molar-refractivity contribution in [2.24, 2.45) is 0 Å². The average molecular weight is 356 g/mol. The van der Waals surface area contributed by atoms with Gasteiger partial charge in [0.15, 0.2) is 24.1 Å². The molecule has 0 fully saturated rings. The third kappa shape index (κ3) is 3.29. The van der Waals surface area contributed by atoms with Crippen molar-refractivity contribution in [1.82, 2.24) is 9.88 Å². The highest BCUT2D eigenvalue weighted by Gasteiger charge is 2.34. The number of benzene rings is 1. The fourth-order valence-corrected chi connectivity index (χ4v) is 3.88. The summed E-state index contributed by atoms with van der Waals surface area (Å²) in [5.41, 5.74) is 2.40. The second kappa shape index (κ2) is 7.41. The summed E-state index contributed by atoms with van der Waals surface area (Å²) in [5, 5.41) is 3.01. The van der Waals surface area contributed by atoms with E-state index in [1.54, 1.807) is 0 Å². The number of quaternary nitrogens is 1. The van der Waals surface area contributed by atoms with Crippen LogP contribution in [0.5, 0.6) is 11.5 Å². The van der Waals surface area contributed by atoms with Gasteiger partial charge in [-0.1, -0.05) is 6.92 Å². The molecule has 0 bridgehead atoms. The van der Waals surface area contributed by atoms with E-state index in [1.807, 2.05) is 6.07 Å². The molecule has 0 saturated heterocycles. The van der Waals surface area contributed by atoms with Gasteiger partial charge in [0.05, 0.1) is 18.8 Å². The molecule has 2 aliphatic heterocycles. The van der Waals surface area contributed by atoms with Crippen LogP contribution in [-0.4, -0.2) is 43.3 Å². The van der Waals surface area contributed by atoms with Crippen molar-refractivity contribution in [3.63, 3.8) is 0 Å². The normalized spacial score (nSPS) is 21.1. The molecular weight excluding hydrogens is 330 g/mol. The maximum atomic E-state index is 12.3. The van der Waals surface area contributed by atoms with Gasteiger partial charge in [0.25, 0.3) is 5.91 Å². The number of carbonyl (C=O) groups is 1. The van der Waals surface area contributed by atoms with Crippen molar-refractivity contribution >= 4 is 5.91 Å². The predicted octanol–water partition coefficient (Wildman–Crippen LogP) is 0.773. The summed E-state index contributed by atoms with van der Waals surface area (Å²) >= 11 is 0. The summed E-state index contributed by atoms with van der Waals surface area (Å²) in [6.45, 7) is 6.29. The molecule has 0 spiro atoms. The largest absolute Gasteiger partial charge is 0.486 e. The first-order valence-corrected chi connectivity index (χ1v) is 9.42. The van der Waals surface area contributed by atoms with Gasteiger partial charge in [-0.05, 0) is 36.8 Å². The Morgan fingerprint density at radius 3 is 2.96 bits per heavy atom. The van der Waals surface area contributed by atoms with Gasteiger partial charge < -0.3 is 24.3 Å². The minimum Gasteiger partial charge on any atom is -0.486 e. The fourth-order valence-electron chi connectivity index (χ4n) is 3.88. The van der Waals surface area contributed by atoms with Gasteiger partial charge in [-0.25, -0.2) is 0 Å². The molecule has 1 aromatic carbocycles. The van der Waals surface area contributed by atoms with E-state index < -0.39 is 0 Å². The molecule has 1 amide bonds. The summed E-state index contributed by atoms with van der Waals surface area (Å²) in [6, 6.07) is 10.5. The number of ether oxygens (including phenoxy) is 2. The van der Waals surface area contributed by atoms with Gasteiger partial charge in [0.2, 0.25) is 0 Å². The molecule has 6 nitrogen and oxygen atoms in total. The molecule has 1 aromatic heterocycles. The number of hydrogen-bond donors (Lipinski definition) is 2. The first-order chi connectivity index (χ1) is 12.8. The summed E-state index contributed by atoms with van der Waals surface area (Å²) in [5.74, 6) is 1.71. The molecule has 0 saturated carbocycles. The maximum Gasteiger partial charge on any atom is 0.275 e. The van der Waals surface area contributed by atoms with E-state index >= 15 is 0 Å². The zero-order valence-electron chi connectivity index (χ0n) is 15.2. The van der Waals surface area contributed by atoms with Crippen molar-refractivity contribution in [2.45, 2.75) is 25.9 Å². The molecule has 0 aliphatic carbocycles. The van der Waals surface area contributed by atoms with Crippen LogP contribution in [0.4, 0.5) is 0 Å². The van der Waals surface area contributed by atoms with Crippen LogP contribution in [0.3, 0.4) is 0 Å². The van der Waals surface area contributed by atoms with E-state index in [4.69, 9.17) is 9.47 Å². The van der Waals surface area contributed by atoms with E-state index in [0.717, 1.165) is 43.1 Å². The summed E-state index contributed by atoms with van der Waals surface area (Å²) < 4.78 is 13.7. The summed E-state index contributed by atoms with van der Waals surface area (Å²) in [6.07, 6.45) is 3.07.